The largest absolute Gasteiger partial charge is 0.477 e. The zero-order valence-electron chi connectivity index (χ0n) is 14.7. The third-order valence-corrected chi connectivity index (χ3v) is 3.49. The normalized spacial score (nSPS) is 10.1. The standard InChI is InChI=1S/C18H19N3O5/c1-12-4-9-15(21(24)25)16(10-12)26-11-17(22)19-14-7-5-13(6-8-14)18(23)20(2)3/h4-10H,11H2,1-3H3,(H,19,22). The third kappa shape index (κ3) is 4.79. The highest BCUT2D eigenvalue weighted by Gasteiger charge is 2.16. The Morgan fingerprint density at radius 1 is 1.15 bits per heavy atom. The van der Waals surface area contributed by atoms with Crippen LogP contribution in [0.1, 0.15) is 15.9 Å². The van der Waals surface area contributed by atoms with Gasteiger partial charge in [0.1, 0.15) is 0 Å². The number of carbonyl (C=O) groups is 2. The van der Waals surface area contributed by atoms with E-state index in [4.69, 9.17) is 4.74 Å². The van der Waals surface area contributed by atoms with Crippen LogP contribution in [0.2, 0.25) is 0 Å². The minimum atomic E-state index is -0.562. The molecule has 0 atom stereocenters. The minimum Gasteiger partial charge on any atom is -0.477 e. The second-order valence-corrected chi connectivity index (χ2v) is 5.84. The van der Waals surface area contributed by atoms with Crippen molar-refractivity contribution in [3.8, 4) is 5.75 Å². The van der Waals surface area contributed by atoms with Crippen molar-refractivity contribution in [1.29, 1.82) is 0 Å². The average Bonchev–Trinajstić information content (AvgIpc) is 2.59. The molecule has 136 valence electrons. The number of hydrogen-bond acceptors (Lipinski definition) is 5. The minimum absolute atomic E-state index is 0.0390. The highest BCUT2D eigenvalue weighted by atomic mass is 16.6. The van der Waals surface area contributed by atoms with Crippen LogP contribution < -0.4 is 10.1 Å². The summed E-state index contributed by atoms with van der Waals surface area (Å²) in [6, 6.07) is 10.8. The fourth-order valence-corrected chi connectivity index (χ4v) is 2.18. The van der Waals surface area contributed by atoms with Crippen LogP contribution in [0.5, 0.6) is 5.75 Å². The number of amides is 2. The summed E-state index contributed by atoms with van der Waals surface area (Å²) in [4.78, 5) is 35.7. The number of nitro benzene ring substituents is 1. The molecule has 0 aliphatic carbocycles. The van der Waals surface area contributed by atoms with Crippen LogP contribution in [-0.2, 0) is 4.79 Å². The number of anilines is 1. The Bertz CT molecular complexity index is 831. The number of ether oxygens (including phenoxy) is 1. The van der Waals surface area contributed by atoms with Crippen LogP contribution in [0.25, 0.3) is 0 Å². The Labute approximate surface area is 150 Å². The second-order valence-electron chi connectivity index (χ2n) is 5.84. The number of nitrogens with one attached hydrogen (secondary N) is 1. The number of aryl methyl sites for hydroxylation is 1. The van der Waals surface area contributed by atoms with Gasteiger partial charge in [-0.3, -0.25) is 19.7 Å². The first-order chi connectivity index (χ1) is 12.3. The molecule has 2 rings (SSSR count). The molecule has 0 aliphatic heterocycles. The van der Waals surface area contributed by atoms with E-state index in [-0.39, 0.29) is 24.0 Å². The Kier molecular flexibility index (Phi) is 5.90. The maximum atomic E-state index is 12.0. The number of hydrogen-bond donors (Lipinski definition) is 1. The number of nitro groups is 1. The van der Waals surface area contributed by atoms with Crippen molar-refractivity contribution < 1.29 is 19.2 Å². The summed E-state index contributed by atoms with van der Waals surface area (Å²) in [6.45, 7) is 1.40. The van der Waals surface area contributed by atoms with Gasteiger partial charge in [-0.25, -0.2) is 0 Å². The Balaban J connectivity index is 1.98. The SMILES string of the molecule is Cc1ccc([N+](=O)[O-])c(OCC(=O)Nc2ccc(C(=O)N(C)C)cc2)c1. The van der Waals surface area contributed by atoms with Crippen LogP contribution in [0, 0.1) is 17.0 Å². The van der Waals surface area contributed by atoms with Crippen LogP contribution in [0.3, 0.4) is 0 Å². The average molecular weight is 357 g/mol. The van der Waals surface area contributed by atoms with E-state index in [0.717, 1.165) is 5.56 Å². The summed E-state index contributed by atoms with van der Waals surface area (Å²) in [5.41, 5.74) is 1.58. The third-order valence-electron chi connectivity index (χ3n) is 3.49. The summed E-state index contributed by atoms with van der Waals surface area (Å²) in [7, 11) is 3.31. The molecule has 0 heterocycles. The van der Waals surface area contributed by atoms with Crippen LogP contribution in [-0.4, -0.2) is 42.3 Å². The predicted molar refractivity (Wildman–Crippen MR) is 96.4 cm³/mol. The smallest absolute Gasteiger partial charge is 0.310 e. The van der Waals surface area contributed by atoms with Gasteiger partial charge < -0.3 is 15.0 Å². The summed E-state index contributed by atoms with van der Waals surface area (Å²) in [5.74, 6) is -0.567. The van der Waals surface area contributed by atoms with Crippen molar-refractivity contribution in [1.82, 2.24) is 4.90 Å². The van der Waals surface area contributed by atoms with Gasteiger partial charge in [-0.2, -0.15) is 0 Å². The van der Waals surface area contributed by atoms with E-state index in [1.807, 2.05) is 0 Å². The number of nitrogens with zero attached hydrogens (tertiary/aromatic N) is 2. The molecule has 0 aliphatic rings. The van der Waals surface area contributed by atoms with Gasteiger partial charge in [0.25, 0.3) is 11.8 Å². The molecule has 0 saturated carbocycles. The van der Waals surface area contributed by atoms with Crippen molar-refractivity contribution in [2.24, 2.45) is 0 Å². The summed E-state index contributed by atoms with van der Waals surface area (Å²) < 4.78 is 5.29. The summed E-state index contributed by atoms with van der Waals surface area (Å²) in [6.07, 6.45) is 0. The molecule has 0 fully saturated rings. The van der Waals surface area contributed by atoms with Gasteiger partial charge in [-0.05, 0) is 42.8 Å². The lowest BCUT2D eigenvalue weighted by Gasteiger charge is -2.11. The molecule has 2 aromatic rings. The van der Waals surface area contributed by atoms with Crippen molar-refractivity contribution in [2.45, 2.75) is 6.92 Å². The Morgan fingerprint density at radius 2 is 1.81 bits per heavy atom. The summed E-state index contributed by atoms with van der Waals surface area (Å²) >= 11 is 0. The number of carbonyl (C=O) groups excluding carboxylic acids is 2. The molecule has 1 N–H and O–H groups in total. The van der Waals surface area contributed by atoms with Crippen molar-refractivity contribution in [3.63, 3.8) is 0 Å². The zero-order valence-corrected chi connectivity index (χ0v) is 14.7. The van der Waals surface area contributed by atoms with Crippen molar-refractivity contribution in [2.75, 3.05) is 26.0 Å². The first-order valence-electron chi connectivity index (χ1n) is 7.77. The van der Waals surface area contributed by atoms with E-state index in [1.54, 1.807) is 51.4 Å². The topological polar surface area (TPSA) is 102 Å². The van der Waals surface area contributed by atoms with Crippen molar-refractivity contribution >= 4 is 23.2 Å². The van der Waals surface area contributed by atoms with Crippen LogP contribution in [0.15, 0.2) is 42.5 Å². The molecule has 8 nitrogen and oxygen atoms in total. The van der Waals surface area contributed by atoms with Gasteiger partial charge in [0, 0.05) is 31.4 Å². The maximum absolute atomic E-state index is 12.0. The number of rotatable bonds is 6. The second kappa shape index (κ2) is 8.11. The molecule has 0 unspecified atom stereocenters. The molecule has 0 saturated heterocycles. The molecule has 8 heteroatoms. The van der Waals surface area contributed by atoms with E-state index in [9.17, 15) is 19.7 Å². The van der Waals surface area contributed by atoms with Crippen LogP contribution in [0.4, 0.5) is 11.4 Å². The van der Waals surface area contributed by atoms with E-state index < -0.39 is 10.8 Å². The molecule has 26 heavy (non-hydrogen) atoms. The van der Waals surface area contributed by atoms with Gasteiger partial charge in [0.15, 0.2) is 12.4 Å². The predicted octanol–water partition coefficient (Wildman–Crippen LogP) is 2.62. The van der Waals surface area contributed by atoms with Gasteiger partial charge in [0.2, 0.25) is 0 Å². The molecular formula is C18H19N3O5. The van der Waals surface area contributed by atoms with E-state index in [2.05, 4.69) is 5.32 Å². The number of benzene rings is 2. The molecule has 2 aromatic carbocycles. The lowest BCUT2D eigenvalue weighted by molar-refractivity contribution is -0.385. The van der Waals surface area contributed by atoms with E-state index in [0.29, 0.717) is 11.3 Å². The summed E-state index contributed by atoms with van der Waals surface area (Å²) in [5, 5.41) is 13.6. The monoisotopic (exact) mass is 357 g/mol. The molecule has 2 amide bonds. The van der Waals surface area contributed by atoms with Gasteiger partial charge in [0.05, 0.1) is 4.92 Å². The highest BCUT2D eigenvalue weighted by molar-refractivity contribution is 5.95. The first kappa shape index (κ1) is 18.9. The lowest BCUT2D eigenvalue weighted by Crippen LogP contribution is -2.22. The van der Waals surface area contributed by atoms with Crippen LogP contribution >= 0.6 is 0 Å². The quantitative estimate of drug-likeness (QED) is 0.632. The van der Waals surface area contributed by atoms with E-state index >= 15 is 0 Å². The maximum Gasteiger partial charge on any atom is 0.310 e. The van der Waals surface area contributed by atoms with E-state index in [1.165, 1.54) is 17.0 Å². The molecular weight excluding hydrogens is 338 g/mol. The molecule has 0 spiro atoms. The Hall–Kier alpha value is -3.42. The van der Waals surface area contributed by atoms with Crippen molar-refractivity contribution in [3.05, 3.63) is 63.7 Å². The molecule has 0 radical (unpaired) electrons. The Morgan fingerprint density at radius 3 is 2.38 bits per heavy atom. The fraction of sp³-hybridized carbons (Fsp3) is 0.222. The van der Waals surface area contributed by atoms with Gasteiger partial charge in [-0.1, -0.05) is 6.07 Å². The molecule has 0 aromatic heterocycles. The van der Waals surface area contributed by atoms with Gasteiger partial charge in [-0.15, -0.1) is 0 Å². The van der Waals surface area contributed by atoms with Gasteiger partial charge >= 0.3 is 5.69 Å². The first-order valence-corrected chi connectivity index (χ1v) is 7.77. The lowest BCUT2D eigenvalue weighted by atomic mass is 10.2. The molecule has 0 bridgehead atoms. The fourth-order valence-electron chi connectivity index (χ4n) is 2.18. The highest BCUT2D eigenvalue weighted by Crippen LogP contribution is 2.27. The zero-order chi connectivity index (χ0) is 19.3.